The Labute approximate surface area is 109 Å². The number of phenols is 1. The van der Waals surface area contributed by atoms with E-state index in [0.717, 1.165) is 0 Å². The predicted molar refractivity (Wildman–Crippen MR) is 48.2 cm³/mol. The minimum atomic E-state index is 0. The summed E-state index contributed by atoms with van der Waals surface area (Å²) in [5.41, 5.74) is 0.501. The van der Waals surface area contributed by atoms with Crippen molar-refractivity contribution in [3.8, 4) is 11.8 Å². The minimum absolute atomic E-state index is 0. The predicted octanol–water partition coefficient (Wildman–Crippen LogP) is -0.207. The monoisotopic (exact) mass is 298 g/mol. The van der Waals surface area contributed by atoms with E-state index in [4.69, 9.17) is 5.26 Å². The van der Waals surface area contributed by atoms with E-state index in [0.29, 0.717) is 14.5 Å². The van der Waals surface area contributed by atoms with Crippen LogP contribution in [-0.2, 0) is 0 Å². The van der Waals surface area contributed by atoms with Gasteiger partial charge in [-0.1, -0.05) is 0 Å². The molecule has 0 saturated carbocycles. The molecule has 1 rings (SSSR count). The fourth-order valence-electron chi connectivity index (χ4n) is 0.630. The standard InChI is InChI=1S/C7H3Br2NO.Na/c8-5-1-4(3-10)2-6(9)7(5)11;/h1-2,11H;/q;+1. The molecule has 1 aromatic carbocycles. The Hall–Kier alpha value is 0.470. The Morgan fingerprint density at radius 1 is 1.25 bits per heavy atom. The molecule has 5 heteroatoms. The molecule has 0 saturated heterocycles. The van der Waals surface area contributed by atoms with Gasteiger partial charge in [0.05, 0.1) is 20.6 Å². The molecule has 0 amide bonds. The summed E-state index contributed by atoms with van der Waals surface area (Å²) in [7, 11) is 0. The molecule has 1 N–H and O–H groups in total. The van der Waals surface area contributed by atoms with Crippen molar-refractivity contribution in [3.63, 3.8) is 0 Å². The van der Waals surface area contributed by atoms with Gasteiger partial charge in [-0.2, -0.15) is 5.26 Å². The summed E-state index contributed by atoms with van der Waals surface area (Å²) in [5.74, 6) is 0.115. The summed E-state index contributed by atoms with van der Waals surface area (Å²) in [5, 5.41) is 17.7. The van der Waals surface area contributed by atoms with Crippen molar-refractivity contribution in [2.45, 2.75) is 0 Å². The molecule has 0 aliphatic rings. The molecule has 2 nitrogen and oxygen atoms in total. The third kappa shape index (κ3) is 2.75. The van der Waals surface area contributed by atoms with Gasteiger partial charge >= 0.3 is 29.6 Å². The van der Waals surface area contributed by atoms with Crippen molar-refractivity contribution in [3.05, 3.63) is 26.6 Å². The minimum Gasteiger partial charge on any atom is -0.506 e. The molecule has 0 bridgehead atoms. The Bertz CT molecular complexity index is 312. The van der Waals surface area contributed by atoms with E-state index in [1.54, 1.807) is 12.1 Å². The summed E-state index contributed by atoms with van der Waals surface area (Å²) >= 11 is 6.21. The van der Waals surface area contributed by atoms with E-state index in [-0.39, 0.29) is 35.3 Å². The topological polar surface area (TPSA) is 44.0 Å². The molecule has 1 aromatic rings. The van der Waals surface area contributed by atoms with E-state index < -0.39 is 0 Å². The molecule has 0 spiro atoms. The maximum atomic E-state index is 9.22. The Balaban J connectivity index is 0.00000121. The Morgan fingerprint density at radius 3 is 2.00 bits per heavy atom. The van der Waals surface area contributed by atoms with Gasteiger partial charge in [-0.05, 0) is 44.0 Å². The number of hydrogen-bond donors (Lipinski definition) is 1. The van der Waals surface area contributed by atoms with Crippen molar-refractivity contribution >= 4 is 31.9 Å². The first kappa shape index (κ1) is 12.5. The summed E-state index contributed by atoms with van der Waals surface area (Å²) in [6, 6.07) is 5.08. The number of aromatic hydroxyl groups is 1. The molecule has 0 aliphatic carbocycles. The van der Waals surface area contributed by atoms with Gasteiger partial charge < -0.3 is 5.11 Å². The third-order valence-corrected chi connectivity index (χ3v) is 2.35. The zero-order valence-corrected chi connectivity index (χ0v) is 11.5. The molecule has 0 unspecified atom stereocenters. The van der Waals surface area contributed by atoms with Crippen LogP contribution in [0.5, 0.6) is 5.75 Å². The van der Waals surface area contributed by atoms with Crippen LogP contribution in [0.3, 0.4) is 0 Å². The van der Waals surface area contributed by atoms with E-state index in [9.17, 15) is 5.11 Å². The van der Waals surface area contributed by atoms with Crippen LogP contribution in [0.4, 0.5) is 0 Å². The smallest absolute Gasteiger partial charge is 0.506 e. The number of hydrogen-bond acceptors (Lipinski definition) is 2. The van der Waals surface area contributed by atoms with Crippen LogP contribution >= 0.6 is 31.9 Å². The number of nitriles is 1. The van der Waals surface area contributed by atoms with Gasteiger partial charge in [0.25, 0.3) is 0 Å². The number of benzene rings is 1. The molecule has 0 aliphatic heterocycles. The number of halogens is 2. The summed E-state index contributed by atoms with van der Waals surface area (Å²) in [6.45, 7) is 0. The second kappa shape index (κ2) is 5.25. The maximum Gasteiger partial charge on any atom is 1.00 e. The van der Waals surface area contributed by atoms with E-state index in [1.165, 1.54) is 0 Å². The normalized spacial score (nSPS) is 8.42. The molecule has 0 heterocycles. The summed E-state index contributed by atoms with van der Waals surface area (Å²) < 4.78 is 1.03. The molecule has 56 valence electrons. The van der Waals surface area contributed by atoms with Gasteiger partial charge in [0, 0.05) is 0 Å². The molecular weight excluding hydrogens is 297 g/mol. The van der Waals surface area contributed by atoms with Crippen LogP contribution in [-0.4, -0.2) is 5.11 Å². The zero-order chi connectivity index (χ0) is 8.43. The molecule has 12 heavy (non-hydrogen) atoms. The maximum absolute atomic E-state index is 9.22. The molecule has 0 atom stereocenters. The summed E-state index contributed by atoms with van der Waals surface area (Å²) in [6.07, 6.45) is 0. The van der Waals surface area contributed by atoms with Crippen LogP contribution in [0, 0.1) is 11.3 Å². The average Bonchev–Trinajstić information content (AvgIpc) is 1.99. The molecule has 0 fully saturated rings. The second-order valence-electron chi connectivity index (χ2n) is 1.90. The first-order valence-corrected chi connectivity index (χ1v) is 4.32. The van der Waals surface area contributed by atoms with E-state index in [1.807, 2.05) is 6.07 Å². The van der Waals surface area contributed by atoms with Gasteiger partial charge in [0.1, 0.15) is 5.75 Å². The first-order chi connectivity index (χ1) is 5.15. The largest absolute Gasteiger partial charge is 1.00 e. The number of nitrogens with zero attached hydrogens (tertiary/aromatic N) is 1. The van der Waals surface area contributed by atoms with Crippen molar-refractivity contribution in [2.24, 2.45) is 0 Å². The van der Waals surface area contributed by atoms with Crippen molar-refractivity contribution in [1.29, 1.82) is 5.26 Å². The molecule has 0 radical (unpaired) electrons. The Morgan fingerprint density at radius 2 is 1.67 bits per heavy atom. The SMILES string of the molecule is N#Cc1cc(Br)c(O)c(Br)c1.[Na+]. The van der Waals surface area contributed by atoms with Crippen LogP contribution in [0.15, 0.2) is 21.1 Å². The Kier molecular flexibility index (Phi) is 5.46. The van der Waals surface area contributed by atoms with Gasteiger partial charge in [0.15, 0.2) is 0 Å². The van der Waals surface area contributed by atoms with Gasteiger partial charge in [0.2, 0.25) is 0 Å². The quantitative estimate of drug-likeness (QED) is 0.674. The fourth-order valence-corrected chi connectivity index (χ4v) is 1.82. The number of phenolic OH excluding ortho intramolecular Hbond substituents is 1. The fraction of sp³-hybridized carbons (Fsp3) is 0. The van der Waals surface area contributed by atoms with Crippen LogP contribution < -0.4 is 29.6 Å². The van der Waals surface area contributed by atoms with Crippen molar-refractivity contribution in [1.82, 2.24) is 0 Å². The third-order valence-electron chi connectivity index (χ3n) is 1.15. The van der Waals surface area contributed by atoms with E-state index in [2.05, 4.69) is 31.9 Å². The molecular formula is C7H3Br2NNaO+. The van der Waals surface area contributed by atoms with Crippen molar-refractivity contribution < 1.29 is 34.7 Å². The van der Waals surface area contributed by atoms with Gasteiger partial charge in [-0.25, -0.2) is 0 Å². The van der Waals surface area contributed by atoms with Gasteiger partial charge in [-0.15, -0.1) is 0 Å². The first-order valence-electron chi connectivity index (χ1n) is 2.73. The molecule has 0 aromatic heterocycles. The average molecular weight is 300 g/mol. The van der Waals surface area contributed by atoms with Crippen LogP contribution in [0.2, 0.25) is 0 Å². The van der Waals surface area contributed by atoms with E-state index >= 15 is 0 Å². The second-order valence-corrected chi connectivity index (χ2v) is 3.61. The van der Waals surface area contributed by atoms with Crippen molar-refractivity contribution in [2.75, 3.05) is 0 Å². The van der Waals surface area contributed by atoms with Crippen LogP contribution in [0.25, 0.3) is 0 Å². The van der Waals surface area contributed by atoms with Crippen LogP contribution in [0.1, 0.15) is 5.56 Å². The summed E-state index contributed by atoms with van der Waals surface area (Å²) in [4.78, 5) is 0. The zero-order valence-electron chi connectivity index (χ0n) is 6.31. The van der Waals surface area contributed by atoms with Gasteiger partial charge in [-0.3, -0.25) is 0 Å². The number of rotatable bonds is 0.